The summed E-state index contributed by atoms with van der Waals surface area (Å²) in [6, 6.07) is 0. The van der Waals surface area contributed by atoms with E-state index in [1.54, 1.807) is 0 Å². The molecule has 3 rings (SSSR count). The Bertz CT molecular complexity index is 429. The van der Waals surface area contributed by atoms with Crippen LogP contribution < -0.4 is 5.48 Å². The number of nitrogens with one attached hydrogen (secondary N) is 1. The van der Waals surface area contributed by atoms with Gasteiger partial charge in [0.1, 0.15) is 0 Å². The summed E-state index contributed by atoms with van der Waals surface area (Å²) in [6.07, 6.45) is 3.95. The number of nitrogens with zero attached hydrogens (tertiary/aromatic N) is 5. The molecule has 0 radical (unpaired) electrons. The van der Waals surface area contributed by atoms with E-state index in [1.165, 1.54) is 18.9 Å². The molecule has 0 bridgehead atoms. The van der Waals surface area contributed by atoms with E-state index in [-0.39, 0.29) is 0 Å². The molecule has 0 aromatic carbocycles. The SMILES string of the molecule is C1=NC(c2conn2)(c2cnon2)NO1. The number of aromatic nitrogens is 4. The second-order valence-corrected chi connectivity index (χ2v) is 2.75. The van der Waals surface area contributed by atoms with Crippen molar-refractivity contribution in [2.24, 2.45) is 4.99 Å². The second-order valence-electron chi connectivity index (χ2n) is 2.75. The molecular formula is C6H4N6O3. The van der Waals surface area contributed by atoms with Crippen molar-refractivity contribution in [3.8, 4) is 0 Å². The third kappa shape index (κ3) is 1.03. The van der Waals surface area contributed by atoms with Gasteiger partial charge in [0.15, 0.2) is 24.1 Å². The molecule has 0 fully saturated rings. The van der Waals surface area contributed by atoms with E-state index >= 15 is 0 Å². The van der Waals surface area contributed by atoms with E-state index in [9.17, 15) is 0 Å². The van der Waals surface area contributed by atoms with Gasteiger partial charge in [0.25, 0.3) is 0 Å². The molecule has 2 aromatic rings. The first-order valence-corrected chi connectivity index (χ1v) is 3.94. The van der Waals surface area contributed by atoms with Crippen molar-refractivity contribution >= 4 is 6.40 Å². The van der Waals surface area contributed by atoms with Crippen LogP contribution in [0.15, 0.2) is 26.6 Å². The van der Waals surface area contributed by atoms with Gasteiger partial charge in [-0.05, 0) is 0 Å². The van der Waals surface area contributed by atoms with E-state index in [2.05, 4.69) is 40.3 Å². The average molecular weight is 208 g/mol. The number of hydrogen-bond acceptors (Lipinski definition) is 9. The predicted molar refractivity (Wildman–Crippen MR) is 42.1 cm³/mol. The van der Waals surface area contributed by atoms with Crippen LogP contribution in [0.2, 0.25) is 0 Å². The van der Waals surface area contributed by atoms with Crippen molar-refractivity contribution in [3.63, 3.8) is 0 Å². The van der Waals surface area contributed by atoms with Gasteiger partial charge in [0.05, 0.1) is 6.20 Å². The minimum absolute atomic E-state index is 0.395. The first-order chi connectivity index (χ1) is 7.42. The van der Waals surface area contributed by atoms with Gasteiger partial charge in [-0.1, -0.05) is 10.3 Å². The normalized spacial score (nSPS) is 24.3. The molecule has 76 valence electrons. The Morgan fingerprint density at radius 2 is 2.33 bits per heavy atom. The maximum atomic E-state index is 4.85. The Morgan fingerprint density at radius 1 is 1.33 bits per heavy atom. The van der Waals surface area contributed by atoms with Crippen LogP contribution in [0.5, 0.6) is 0 Å². The summed E-state index contributed by atoms with van der Waals surface area (Å²) in [5.74, 6) is 0. The van der Waals surface area contributed by atoms with Gasteiger partial charge in [-0.25, -0.2) is 9.62 Å². The molecule has 15 heavy (non-hydrogen) atoms. The van der Waals surface area contributed by atoms with Crippen molar-refractivity contribution in [2.75, 3.05) is 0 Å². The standard InChI is InChI=1S/C6H4N6O3/c1-4(10-15-8-1)6(7-3-14-11-6)5-2-13-12-9-5/h1-3,11H. The summed E-state index contributed by atoms with van der Waals surface area (Å²) in [4.78, 5) is 8.92. The maximum Gasteiger partial charge on any atom is 0.239 e. The van der Waals surface area contributed by atoms with Crippen molar-refractivity contribution in [1.29, 1.82) is 0 Å². The molecule has 2 aromatic heterocycles. The lowest BCUT2D eigenvalue weighted by Crippen LogP contribution is -2.38. The molecule has 9 nitrogen and oxygen atoms in total. The van der Waals surface area contributed by atoms with Gasteiger partial charge in [-0.15, -0.1) is 10.6 Å². The van der Waals surface area contributed by atoms with Crippen LogP contribution in [0, 0.1) is 0 Å². The fraction of sp³-hybridized carbons (Fsp3) is 0.167. The van der Waals surface area contributed by atoms with E-state index in [0.717, 1.165) is 0 Å². The third-order valence-electron chi connectivity index (χ3n) is 1.97. The summed E-state index contributed by atoms with van der Waals surface area (Å²) in [5.41, 5.74) is 2.32. The van der Waals surface area contributed by atoms with Gasteiger partial charge in [-0.2, -0.15) is 0 Å². The van der Waals surface area contributed by atoms with Crippen LogP contribution in [0.25, 0.3) is 0 Å². The molecule has 0 spiro atoms. The van der Waals surface area contributed by atoms with Crippen LogP contribution in [-0.4, -0.2) is 27.1 Å². The maximum absolute atomic E-state index is 4.85. The minimum atomic E-state index is -1.10. The Kier molecular flexibility index (Phi) is 1.53. The summed E-state index contributed by atoms with van der Waals surface area (Å²) in [6.45, 7) is 0. The fourth-order valence-electron chi connectivity index (χ4n) is 1.26. The molecule has 3 heterocycles. The van der Waals surface area contributed by atoms with E-state index in [0.29, 0.717) is 11.4 Å². The lowest BCUT2D eigenvalue weighted by Gasteiger charge is -2.17. The van der Waals surface area contributed by atoms with Crippen LogP contribution in [0.3, 0.4) is 0 Å². The first-order valence-electron chi connectivity index (χ1n) is 3.94. The van der Waals surface area contributed by atoms with Crippen LogP contribution in [-0.2, 0) is 10.5 Å². The molecule has 0 saturated carbocycles. The first kappa shape index (κ1) is 8.05. The Labute approximate surface area is 82.0 Å². The number of hydroxylamine groups is 1. The monoisotopic (exact) mass is 208 g/mol. The highest BCUT2D eigenvalue weighted by Crippen LogP contribution is 2.29. The summed E-state index contributed by atoms with van der Waals surface area (Å²) in [7, 11) is 0. The van der Waals surface area contributed by atoms with E-state index in [4.69, 9.17) is 4.84 Å². The summed E-state index contributed by atoms with van der Waals surface area (Å²) >= 11 is 0. The Balaban J connectivity index is 2.15. The zero-order valence-electron chi connectivity index (χ0n) is 7.19. The van der Waals surface area contributed by atoms with Gasteiger partial charge in [0.2, 0.25) is 5.66 Å². The molecule has 0 amide bonds. The quantitative estimate of drug-likeness (QED) is 0.683. The molecule has 1 atom stereocenters. The molecule has 1 aliphatic rings. The lowest BCUT2D eigenvalue weighted by molar-refractivity contribution is 0.138. The summed E-state index contributed by atoms with van der Waals surface area (Å²) < 4.78 is 9.14. The third-order valence-corrected chi connectivity index (χ3v) is 1.97. The van der Waals surface area contributed by atoms with Crippen molar-refractivity contribution in [3.05, 3.63) is 23.8 Å². The molecular weight excluding hydrogens is 204 g/mol. The lowest BCUT2D eigenvalue weighted by atomic mass is 10.1. The zero-order valence-corrected chi connectivity index (χ0v) is 7.19. The van der Waals surface area contributed by atoms with Crippen LogP contribution in [0.1, 0.15) is 11.4 Å². The number of aliphatic imine (C=N–C) groups is 1. The van der Waals surface area contributed by atoms with Gasteiger partial charge < -0.3 is 9.36 Å². The average Bonchev–Trinajstić information content (AvgIpc) is 3.02. The number of rotatable bonds is 2. The fourth-order valence-corrected chi connectivity index (χ4v) is 1.26. The van der Waals surface area contributed by atoms with Crippen molar-refractivity contribution in [2.45, 2.75) is 5.66 Å². The van der Waals surface area contributed by atoms with E-state index < -0.39 is 5.66 Å². The van der Waals surface area contributed by atoms with E-state index in [1.807, 2.05) is 0 Å². The van der Waals surface area contributed by atoms with Gasteiger partial charge >= 0.3 is 0 Å². The second kappa shape index (κ2) is 2.85. The summed E-state index contributed by atoms with van der Waals surface area (Å²) in [5, 5.41) is 14.3. The van der Waals surface area contributed by atoms with Crippen LogP contribution in [0.4, 0.5) is 0 Å². The van der Waals surface area contributed by atoms with Crippen molar-refractivity contribution < 1.29 is 14.0 Å². The van der Waals surface area contributed by atoms with Gasteiger partial charge in [0, 0.05) is 5.27 Å². The highest BCUT2D eigenvalue weighted by Gasteiger charge is 2.43. The molecule has 0 aliphatic carbocycles. The smallest absolute Gasteiger partial charge is 0.239 e. The topological polar surface area (TPSA) is 111 Å². The molecule has 9 heteroatoms. The molecule has 1 N–H and O–H groups in total. The molecule has 1 unspecified atom stereocenters. The highest BCUT2D eigenvalue weighted by atomic mass is 16.7. The van der Waals surface area contributed by atoms with Crippen LogP contribution >= 0.6 is 0 Å². The zero-order chi connectivity index (χ0) is 10.1. The Morgan fingerprint density at radius 3 is 2.93 bits per heavy atom. The van der Waals surface area contributed by atoms with Crippen molar-refractivity contribution in [1.82, 2.24) is 26.2 Å². The predicted octanol–water partition coefficient (Wildman–Crippen LogP) is -0.783. The van der Waals surface area contributed by atoms with Gasteiger partial charge in [-0.3, -0.25) is 0 Å². The number of hydrogen-bond donors (Lipinski definition) is 1. The Hall–Kier alpha value is -2.29. The molecule has 0 saturated heterocycles. The highest BCUT2D eigenvalue weighted by molar-refractivity contribution is 5.52. The molecule has 1 aliphatic heterocycles. The largest absolute Gasteiger partial charge is 0.394 e. The minimum Gasteiger partial charge on any atom is -0.394 e.